The first-order chi connectivity index (χ1) is 7.26. The van der Waals surface area contributed by atoms with Gasteiger partial charge in [-0.1, -0.05) is 12.1 Å². The minimum absolute atomic E-state index is 0.353. The second-order valence-electron chi connectivity index (χ2n) is 3.28. The minimum atomic E-state index is -0.540. The Morgan fingerprint density at radius 2 is 2.27 bits per heavy atom. The molecule has 4 heteroatoms. The van der Waals surface area contributed by atoms with Crippen molar-refractivity contribution in [3.05, 3.63) is 23.8 Å². The zero-order valence-electron chi connectivity index (χ0n) is 8.65. The Hall–Kier alpha value is -1.71. The fraction of sp³-hybridized carbons (Fsp3) is 0.364. The Morgan fingerprint density at radius 1 is 1.47 bits per heavy atom. The molecular formula is C11H12O4. The lowest BCUT2D eigenvalue weighted by Crippen LogP contribution is -2.26. The van der Waals surface area contributed by atoms with Gasteiger partial charge in [0.1, 0.15) is 0 Å². The van der Waals surface area contributed by atoms with Gasteiger partial charge in [-0.3, -0.25) is 0 Å². The van der Waals surface area contributed by atoms with Gasteiger partial charge in [-0.05, 0) is 6.07 Å². The summed E-state index contributed by atoms with van der Waals surface area (Å²) in [5.74, 6) is 0.947. The molecule has 0 saturated carbocycles. The normalized spacial score (nSPS) is 17.9. The van der Waals surface area contributed by atoms with Crippen LogP contribution in [0.2, 0.25) is 0 Å². The second-order valence-corrected chi connectivity index (χ2v) is 3.28. The van der Waals surface area contributed by atoms with E-state index in [9.17, 15) is 4.79 Å². The Labute approximate surface area is 87.8 Å². The number of rotatable bonds is 2. The van der Waals surface area contributed by atoms with Crippen LogP contribution in [0.4, 0.5) is 0 Å². The lowest BCUT2D eigenvalue weighted by molar-refractivity contribution is -0.147. The molecule has 0 saturated heterocycles. The maximum atomic E-state index is 11.3. The summed E-state index contributed by atoms with van der Waals surface area (Å²) in [5, 5.41) is 0. The van der Waals surface area contributed by atoms with Crippen LogP contribution in [0, 0.1) is 0 Å². The number of fused-ring (bicyclic) bond motifs is 1. The van der Waals surface area contributed by atoms with Crippen molar-refractivity contribution in [1.29, 1.82) is 0 Å². The van der Waals surface area contributed by atoms with E-state index < -0.39 is 6.10 Å². The molecule has 0 bridgehead atoms. The molecule has 1 heterocycles. The highest BCUT2D eigenvalue weighted by Crippen LogP contribution is 2.37. The summed E-state index contributed by atoms with van der Waals surface area (Å²) in [5.41, 5.74) is 0.977. The van der Waals surface area contributed by atoms with Crippen molar-refractivity contribution in [3.63, 3.8) is 0 Å². The number of carbonyl (C=O) groups excluding carboxylic acids is 1. The highest BCUT2D eigenvalue weighted by molar-refractivity contribution is 5.77. The van der Waals surface area contributed by atoms with Crippen molar-refractivity contribution in [3.8, 4) is 11.5 Å². The maximum Gasteiger partial charge on any atom is 0.347 e. The van der Waals surface area contributed by atoms with E-state index in [0.29, 0.717) is 17.9 Å². The van der Waals surface area contributed by atoms with Gasteiger partial charge in [0.15, 0.2) is 17.6 Å². The SMILES string of the molecule is COC(=O)C1Cc2cccc(OC)c2O1. The largest absolute Gasteiger partial charge is 0.493 e. The summed E-state index contributed by atoms with van der Waals surface area (Å²) in [6.45, 7) is 0. The third-order valence-corrected chi connectivity index (χ3v) is 2.41. The van der Waals surface area contributed by atoms with Crippen LogP contribution < -0.4 is 9.47 Å². The Bertz CT molecular complexity index is 386. The Morgan fingerprint density at radius 3 is 2.93 bits per heavy atom. The first-order valence-electron chi connectivity index (χ1n) is 4.66. The first kappa shape index (κ1) is 9.83. The summed E-state index contributed by atoms with van der Waals surface area (Å²) in [6, 6.07) is 5.60. The summed E-state index contributed by atoms with van der Waals surface area (Å²) in [6.07, 6.45) is 0.000417. The summed E-state index contributed by atoms with van der Waals surface area (Å²) >= 11 is 0. The molecule has 0 spiro atoms. The van der Waals surface area contributed by atoms with Crippen molar-refractivity contribution in [1.82, 2.24) is 0 Å². The van der Waals surface area contributed by atoms with Gasteiger partial charge in [0.05, 0.1) is 14.2 Å². The number of carbonyl (C=O) groups is 1. The molecule has 0 N–H and O–H groups in total. The van der Waals surface area contributed by atoms with Crippen molar-refractivity contribution < 1.29 is 19.0 Å². The van der Waals surface area contributed by atoms with Crippen molar-refractivity contribution in [2.45, 2.75) is 12.5 Å². The molecular weight excluding hydrogens is 196 g/mol. The van der Waals surface area contributed by atoms with Crippen molar-refractivity contribution >= 4 is 5.97 Å². The third kappa shape index (κ3) is 1.63. The van der Waals surface area contributed by atoms with Crippen molar-refractivity contribution in [2.75, 3.05) is 14.2 Å². The lowest BCUT2D eigenvalue weighted by atomic mass is 10.1. The number of hydrogen-bond acceptors (Lipinski definition) is 4. The molecule has 0 amide bonds. The monoisotopic (exact) mass is 208 g/mol. The van der Waals surface area contributed by atoms with E-state index in [0.717, 1.165) is 5.56 Å². The molecule has 0 aromatic heterocycles. The predicted octanol–water partition coefficient (Wildman–Crippen LogP) is 1.17. The van der Waals surface area contributed by atoms with Gasteiger partial charge >= 0.3 is 5.97 Å². The van der Waals surface area contributed by atoms with Crippen LogP contribution >= 0.6 is 0 Å². The zero-order valence-corrected chi connectivity index (χ0v) is 8.65. The Balaban J connectivity index is 2.26. The van der Waals surface area contributed by atoms with E-state index in [1.807, 2.05) is 12.1 Å². The molecule has 0 fully saturated rings. The van der Waals surface area contributed by atoms with Crippen LogP contribution in [-0.2, 0) is 16.0 Å². The molecule has 1 aromatic carbocycles. The lowest BCUT2D eigenvalue weighted by Gasteiger charge is -2.09. The molecule has 4 nitrogen and oxygen atoms in total. The summed E-state index contributed by atoms with van der Waals surface area (Å²) in [7, 11) is 2.93. The highest BCUT2D eigenvalue weighted by Gasteiger charge is 2.31. The highest BCUT2D eigenvalue weighted by atomic mass is 16.6. The van der Waals surface area contributed by atoms with Gasteiger partial charge in [-0.15, -0.1) is 0 Å². The number of methoxy groups -OCH3 is 2. The van der Waals surface area contributed by atoms with Crippen LogP contribution in [0.25, 0.3) is 0 Å². The Kier molecular flexibility index (Phi) is 2.49. The molecule has 1 atom stereocenters. The van der Waals surface area contributed by atoms with Gasteiger partial charge in [-0.25, -0.2) is 4.79 Å². The summed E-state index contributed by atoms with van der Waals surface area (Å²) < 4.78 is 15.3. The fourth-order valence-corrected chi connectivity index (χ4v) is 1.66. The third-order valence-electron chi connectivity index (χ3n) is 2.41. The molecule has 0 radical (unpaired) electrons. The molecule has 0 aliphatic carbocycles. The van der Waals surface area contributed by atoms with Gasteiger partial charge in [-0.2, -0.15) is 0 Å². The van der Waals surface area contributed by atoms with E-state index in [1.165, 1.54) is 7.11 Å². The predicted molar refractivity (Wildman–Crippen MR) is 53.1 cm³/mol. The van der Waals surface area contributed by atoms with E-state index in [1.54, 1.807) is 13.2 Å². The number of para-hydroxylation sites is 1. The summed E-state index contributed by atoms with van der Waals surface area (Å²) in [4.78, 5) is 11.3. The molecule has 80 valence electrons. The number of esters is 1. The molecule has 2 rings (SSSR count). The average Bonchev–Trinajstić information content (AvgIpc) is 2.71. The molecule has 1 unspecified atom stereocenters. The molecule has 1 aromatic rings. The number of benzene rings is 1. The van der Waals surface area contributed by atoms with Crippen LogP contribution in [0.1, 0.15) is 5.56 Å². The first-order valence-corrected chi connectivity index (χ1v) is 4.66. The van der Waals surface area contributed by atoms with Crippen molar-refractivity contribution in [2.24, 2.45) is 0 Å². The average molecular weight is 208 g/mol. The molecule has 15 heavy (non-hydrogen) atoms. The van der Waals surface area contributed by atoms with Crippen LogP contribution in [0.5, 0.6) is 11.5 Å². The van der Waals surface area contributed by atoms with Gasteiger partial charge in [0.2, 0.25) is 0 Å². The van der Waals surface area contributed by atoms with Gasteiger partial charge in [0.25, 0.3) is 0 Å². The topological polar surface area (TPSA) is 44.8 Å². The maximum absolute atomic E-state index is 11.3. The fourth-order valence-electron chi connectivity index (χ4n) is 1.66. The van der Waals surface area contributed by atoms with E-state index in [-0.39, 0.29) is 5.97 Å². The molecule has 1 aliphatic heterocycles. The van der Waals surface area contributed by atoms with Gasteiger partial charge < -0.3 is 14.2 Å². The van der Waals surface area contributed by atoms with Gasteiger partial charge in [0, 0.05) is 12.0 Å². The van der Waals surface area contributed by atoms with E-state index in [2.05, 4.69) is 4.74 Å². The number of ether oxygens (including phenoxy) is 3. The van der Waals surface area contributed by atoms with Crippen LogP contribution in [0.3, 0.4) is 0 Å². The van der Waals surface area contributed by atoms with Crippen LogP contribution in [-0.4, -0.2) is 26.3 Å². The van der Waals surface area contributed by atoms with E-state index >= 15 is 0 Å². The van der Waals surface area contributed by atoms with Crippen LogP contribution in [0.15, 0.2) is 18.2 Å². The smallest absolute Gasteiger partial charge is 0.347 e. The quantitative estimate of drug-likeness (QED) is 0.684. The zero-order chi connectivity index (χ0) is 10.8. The standard InChI is InChI=1S/C11H12O4/c1-13-8-5-3-4-7-6-9(11(12)14-2)15-10(7)8/h3-5,9H,6H2,1-2H3. The number of hydrogen-bond donors (Lipinski definition) is 0. The van der Waals surface area contributed by atoms with E-state index in [4.69, 9.17) is 9.47 Å². The minimum Gasteiger partial charge on any atom is -0.493 e. The second kappa shape index (κ2) is 3.81. The molecule has 1 aliphatic rings.